The molecule has 3 aromatic carbocycles. The van der Waals surface area contributed by atoms with Crippen LogP contribution in [-0.4, -0.2) is 16.1 Å². The van der Waals surface area contributed by atoms with E-state index in [-0.39, 0.29) is 11.1 Å². The second-order valence-corrected chi connectivity index (χ2v) is 5.49. The number of hydrogen-bond acceptors (Lipinski definition) is 4. The summed E-state index contributed by atoms with van der Waals surface area (Å²) in [5.41, 5.74) is 1.38. The van der Waals surface area contributed by atoms with Gasteiger partial charge in [0, 0.05) is 17.3 Å². The minimum Gasteiger partial charge on any atom is -0.478 e. The van der Waals surface area contributed by atoms with Crippen LogP contribution in [0.1, 0.15) is 10.4 Å². The molecule has 0 aliphatic carbocycles. The molecular weight excluding hydrogens is 304 g/mol. The van der Waals surface area contributed by atoms with Crippen LogP contribution in [0.5, 0.6) is 0 Å². The Morgan fingerprint density at radius 3 is 2.67 bits per heavy atom. The molecule has 0 fully saturated rings. The van der Waals surface area contributed by atoms with Crippen molar-refractivity contribution in [2.24, 2.45) is 0 Å². The summed E-state index contributed by atoms with van der Waals surface area (Å²) in [6, 6.07) is 15.8. The highest BCUT2D eigenvalue weighted by Crippen LogP contribution is 2.20. The highest BCUT2D eigenvalue weighted by atomic mass is 16.4. The fourth-order valence-corrected chi connectivity index (χ4v) is 2.88. The van der Waals surface area contributed by atoms with Crippen LogP contribution in [-0.2, 0) is 0 Å². The monoisotopic (exact) mass is 316 g/mol. The van der Waals surface area contributed by atoms with Gasteiger partial charge in [-0.3, -0.25) is 4.79 Å². The number of carbonyl (C=O) groups is 1. The second kappa shape index (κ2) is 5.31. The Bertz CT molecular complexity index is 1180. The maximum absolute atomic E-state index is 11.9. The third-order valence-electron chi connectivity index (χ3n) is 4.01. The van der Waals surface area contributed by atoms with E-state index < -0.39 is 5.97 Å². The van der Waals surface area contributed by atoms with Crippen LogP contribution in [0.2, 0.25) is 0 Å². The van der Waals surface area contributed by atoms with E-state index in [1.165, 1.54) is 0 Å². The molecule has 0 aliphatic heterocycles. The second-order valence-electron chi connectivity index (χ2n) is 5.49. The normalized spacial score (nSPS) is 12.1. The average Bonchev–Trinajstić information content (AvgIpc) is 2.92. The molecule has 0 amide bonds. The number of carboxylic acid groups (broad SMARTS) is 1. The van der Waals surface area contributed by atoms with Crippen molar-refractivity contribution in [2.75, 3.05) is 5.32 Å². The van der Waals surface area contributed by atoms with E-state index in [9.17, 15) is 9.59 Å². The Hall–Kier alpha value is -3.47. The Morgan fingerprint density at radius 1 is 1.04 bits per heavy atom. The van der Waals surface area contributed by atoms with Gasteiger partial charge >= 0.3 is 5.97 Å². The summed E-state index contributed by atoms with van der Waals surface area (Å²) >= 11 is 0. The molecule has 0 saturated carbocycles. The first kappa shape index (κ1) is 14.1. The van der Waals surface area contributed by atoms with Gasteiger partial charge in [-0.15, -0.1) is 0 Å². The number of benzene rings is 3. The number of aromatic carboxylic acids is 1. The average molecular weight is 316 g/mol. The van der Waals surface area contributed by atoms with Gasteiger partial charge < -0.3 is 10.4 Å². The number of hydrogen-bond donors (Lipinski definition) is 2. The summed E-state index contributed by atoms with van der Waals surface area (Å²) in [6.45, 7) is 0. The van der Waals surface area contributed by atoms with Crippen LogP contribution in [0, 0.1) is 0 Å². The Labute approximate surface area is 136 Å². The van der Waals surface area contributed by atoms with Gasteiger partial charge in [0.25, 0.3) is 5.56 Å². The lowest BCUT2D eigenvalue weighted by atomic mass is 10.1. The van der Waals surface area contributed by atoms with E-state index in [1.807, 2.05) is 24.3 Å². The van der Waals surface area contributed by atoms with Crippen molar-refractivity contribution < 1.29 is 9.90 Å². The Balaban J connectivity index is 1.83. The fourth-order valence-electron chi connectivity index (χ4n) is 2.88. The highest BCUT2D eigenvalue weighted by molar-refractivity contribution is 6.09. The van der Waals surface area contributed by atoms with E-state index in [1.54, 1.807) is 36.5 Å². The SMILES string of the molecule is O=C(O)c1cccc(N/C=c2\ccc3nc(=O)c4cccc2c34)c1. The number of carboxylic acids is 1. The summed E-state index contributed by atoms with van der Waals surface area (Å²) in [5, 5.41) is 15.5. The van der Waals surface area contributed by atoms with Crippen LogP contribution < -0.4 is 16.1 Å². The third kappa shape index (κ3) is 2.23. The number of aromatic nitrogens is 1. The first-order chi connectivity index (χ1) is 11.6. The van der Waals surface area contributed by atoms with Crippen molar-refractivity contribution in [3.63, 3.8) is 0 Å². The summed E-state index contributed by atoms with van der Waals surface area (Å²) in [5.74, 6) is -0.968. The predicted octanol–water partition coefficient (Wildman–Crippen LogP) is 2.45. The Kier molecular flexibility index (Phi) is 3.13. The minimum absolute atomic E-state index is 0.213. The zero-order valence-corrected chi connectivity index (χ0v) is 12.5. The molecule has 4 rings (SSSR count). The first-order valence-electron chi connectivity index (χ1n) is 7.38. The van der Waals surface area contributed by atoms with Gasteiger partial charge in [0.15, 0.2) is 0 Å². The van der Waals surface area contributed by atoms with Crippen LogP contribution in [0.25, 0.3) is 27.9 Å². The molecule has 5 heteroatoms. The van der Waals surface area contributed by atoms with Crippen molar-refractivity contribution >= 4 is 39.5 Å². The minimum atomic E-state index is -0.968. The molecule has 24 heavy (non-hydrogen) atoms. The lowest BCUT2D eigenvalue weighted by Crippen LogP contribution is -2.05. The molecule has 5 nitrogen and oxygen atoms in total. The van der Waals surface area contributed by atoms with Crippen LogP contribution in [0.4, 0.5) is 5.69 Å². The van der Waals surface area contributed by atoms with Gasteiger partial charge in [-0.1, -0.05) is 24.3 Å². The zero-order chi connectivity index (χ0) is 16.7. The maximum Gasteiger partial charge on any atom is 0.335 e. The zero-order valence-electron chi connectivity index (χ0n) is 12.5. The fraction of sp³-hybridized carbons (Fsp3) is 0. The standard InChI is InChI=1S/C19H12N2O3/c22-18-15-6-2-5-14-12(7-8-16(21-18)17(14)15)10-20-13-4-1-3-11(9-13)19(23)24/h1-10,20H,(H,23,24)/b12-10+. The molecule has 1 aromatic heterocycles. The smallest absolute Gasteiger partial charge is 0.335 e. The first-order valence-corrected chi connectivity index (χ1v) is 7.38. The molecule has 2 N–H and O–H groups in total. The van der Waals surface area contributed by atoms with Crippen LogP contribution in [0.3, 0.4) is 0 Å². The van der Waals surface area contributed by atoms with Gasteiger partial charge in [-0.25, -0.2) is 9.78 Å². The number of rotatable bonds is 3. The summed E-state index contributed by atoms with van der Waals surface area (Å²) in [4.78, 5) is 27.0. The topological polar surface area (TPSA) is 79.3 Å². The quantitative estimate of drug-likeness (QED) is 0.607. The van der Waals surface area contributed by atoms with Gasteiger partial charge in [-0.2, -0.15) is 0 Å². The predicted molar refractivity (Wildman–Crippen MR) is 93.4 cm³/mol. The van der Waals surface area contributed by atoms with Crippen LogP contribution in [0.15, 0.2) is 59.4 Å². The lowest BCUT2D eigenvalue weighted by molar-refractivity contribution is 0.0697. The lowest BCUT2D eigenvalue weighted by Gasteiger charge is -2.03. The van der Waals surface area contributed by atoms with E-state index >= 15 is 0 Å². The molecular formula is C19H12N2O3. The molecule has 0 saturated heterocycles. The molecule has 0 radical (unpaired) electrons. The van der Waals surface area contributed by atoms with Gasteiger partial charge in [-0.05, 0) is 40.9 Å². The number of anilines is 1. The van der Waals surface area contributed by atoms with Crippen molar-refractivity contribution in [2.45, 2.75) is 0 Å². The number of nitrogens with one attached hydrogen (secondary N) is 1. The molecule has 0 aliphatic rings. The molecule has 0 atom stereocenters. The number of nitrogens with zero attached hydrogens (tertiary/aromatic N) is 1. The molecule has 0 unspecified atom stereocenters. The molecule has 4 aromatic rings. The van der Waals surface area contributed by atoms with Gasteiger partial charge in [0.1, 0.15) is 0 Å². The summed E-state index contributed by atoms with van der Waals surface area (Å²) in [6.07, 6.45) is 1.80. The van der Waals surface area contributed by atoms with E-state index in [0.29, 0.717) is 16.6 Å². The largest absolute Gasteiger partial charge is 0.478 e. The van der Waals surface area contributed by atoms with Crippen molar-refractivity contribution in [1.29, 1.82) is 0 Å². The molecule has 0 spiro atoms. The van der Waals surface area contributed by atoms with Crippen molar-refractivity contribution in [3.05, 3.63) is 75.7 Å². The Morgan fingerprint density at radius 2 is 1.83 bits per heavy atom. The van der Waals surface area contributed by atoms with Crippen molar-refractivity contribution in [1.82, 2.24) is 4.98 Å². The van der Waals surface area contributed by atoms with E-state index in [0.717, 1.165) is 16.0 Å². The van der Waals surface area contributed by atoms with Gasteiger partial charge in [0.2, 0.25) is 0 Å². The van der Waals surface area contributed by atoms with Crippen molar-refractivity contribution in [3.8, 4) is 0 Å². The van der Waals surface area contributed by atoms with Crippen LogP contribution >= 0.6 is 0 Å². The van der Waals surface area contributed by atoms with E-state index in [2.05, 4.69) is 10.3 Å². The van der Waals surface area contributed by atoms with Gasteiger partial charge in [0.05, 0.1) is 16.5 Å². The summed E-state index contributed by atoms with van der Waals surface area (Å²) in [7, 11) is 0. The molecule has 116 valence electrons. The maximum atomic E-state index is 11.9. The third-order valence-corrected chi connectivity index (χ3v) is 4.01. The molecule has 1 heterocycles. The molecule has 0 bridgehead atoms. The summed E-state index contributed by atoms with van der Waals surface area (Å²) < 4.78 is 0. The van der Waals surface area contributed by atoms with E-state index in [4.69, 9.17) is 5.11 Å². The highest BCUT2D eigenvalue weighted by Gasteiger charge is 2.09.